The Morgan fingerprint density at radius 1 is 0.947 bits per heavy atom. The molecule has 0 unspecified atom stereocenters. The van der Waals surface area contributed by atoms with Gasteiger partial charge in [-0.15, -0.1) is 0 Å². The van der Waals surface area contributed by atoms with Gasteiger partial charge in [0.25, 0.3) is 0 Å². The van der Waals surface area contributed by atoms with Crippen LogP contribution in [0, 0.1) is 10.8 Å². The van der Waals surface area contributed by atoms with Gasteiger partial charge in [0.1, 0.15) is 0 Å². The summed E-state index contributed by atoms with van der Waals surface area (Å²) in [6.45, 7) is 0. The van der Waals surface area contributed by atoms with E-state index < -0.39 is 11.9 Å². The van der Waals surface area contributed by atoms with Crippen molar-refractivity contribution in [3.63, 3.8) is 0 Å². The van der Waals surface area contributed by atoms with Crippen LogP contribution in [-0.2, 0) is 0 Å². The molecular weight excluding hydrogens is 254 g/mol. The van der Waals surface area contributed by atoms with Crippen molar-refractivity contribution in [2.75, 3.05) is 0 Å². The number of carboxylic acid groups (broad SMARTS) is 2. The van der Waals surface area contributed by atoms with Crippen molar-refractivity contribution >= 4 is 23.9 Å². The Balaban J connectivity index is 0.000000399. The maximum atomic E-state index is 10.5. The molecular formula is C10H13N5O4. The summed E-state index contributed by atoms with van der Waals surface area (Å²) in [5.74, 6) is -3.08. The molecule has 9 heteroatoms. The third kappa shape index (κ3) is 6.26. The van der Waals surface area contributed by atoms with E-state index in [1.165, 1.54) is 24.3 Å². The Labute approximate surface area is 107 Å². The van der Waals surface area contributed by atoms with Gasteiger partial charge < -0.3 is 21.7 Å². The molecule has 1 aromatic carbocycles. The molecule has 0 amide bonds. The fraction of sp³-hybridized carbons (Fsp3) is 0. The summed E-state index contributed by atoms with van der Waals surface area (Å²) in [7, 11) is 0. The summed E-state index contributed by atoms with van der Waals surface area (Å²) in [4.78, 5) is 20.9. The van der Waals surface area contributed by atoms with Gasteiger partial charge in [0.05, 0.1) is 11.1 Å². The van der Waals surface area contributed by atoms with Gasteiger partial charge in [-0.25, -0.2) is 9.59 Å². The molecule has 0 aliphatic rings. The van der Waals surface area contributed by atoms with Crippen LogP contribution in [0.15, 0.2) is 24.3 Å². The molecule has 0 fully saturated rings. The second-order valence-corrected chi connectivity index (χ2v) is 3.11. The summed E-state index contributed by atoms with van der Waals surface area (Å²) in [6.07, 6.45) is 0. The molecule has 0 aliphatic heterocycles. The second-order valence-electron chi connectivity index (χ2n) is 3.11. The van der Waals surface area contributed by atoms with Crippen LogP contribution < -0.4 is 16.8 Å². The average molecular weight is 267 g/mol. The molecule has 9 N–H and O–H groups in total. The van der Waals surface area contributed by atoms with Crippen molar-refractivity contribution in [3.05, 3.63) is 35.4 Å². The zero-order valence-electron chi connectivity index (χ0n) is 9.68. The number of carboxylic acids is 2. The van der Waals surface area contributed by atoms with Crippen LogP contribution in [0.5, 0.6) is 0 Å². The van der Waals surface area contributed by atoms with E-state index in [1.807, 2.05) is 5.32 Å². The number of benzene rings is 1. The van der Waals surface area contributed by atoms with Gasteiger partial charge >= 0.3 is 11.9 Å². The Hall–Kier alpha value is -3.10. The monoisotopic (exact) mass is 267 g/mol. The Kier molecular flexibility index (Phi) is 6.08. The largest absolute Gasteiger partial charge is 0.478 e. The first-order chi connectivity index (χ1) is 8.75. The van der Waals surface area contributed by atoms with Crippen molar-refractivity contribution < 1.29 is 19.8 Å². The first-order valence-corrected chi connectivity index (χ1v) is 4.76. The fourth-order valence-electron chi connectivity index (χ4n) is 1.00. The summed E-state index contributed by atoms with van der Waals surface area (Å²) >= 11 is 0. The number of hydrogen-bond acceptors (Lipinski definition) is 4. The maximum Gasteiger partial charge on any atom is 0.336 e. The molecule has 0 aromatic heterocycles. The van der Waals surface area contributed by atoms with E-state index in [2.05, 4.69) is 0 Å². The van der Waals surface area contributed by atoms with E-state index in [1.54, 1.807) is 0 Å². The maximum absolute atomic E-state index is 10.5. The van der Waals surface area contributed by atoms with E-state index in [9.17, 15) is 9.59 Å². The number of guanidine groups is 2. The summed E-state index contributed by atoms with van der Waals surface area (Å²) in [5.41, 5.74) is 9.11. The molecule has 0 radical (unpaired) electrons. The third-order valence-electron chi connectivity index (χ3n) is 1.66. The minimum atomic E-state index is -1.23. The average Bonchev–Trinajstić information content (AvgIpc) is 2.27. The predicted molar refractivity (Wildman–Crippen MR) is 67.3 cm³/mol. The van der Waals surface area contributed by atoms with Gasteiger partial charge in [-0.3, -0.25) is 16.1 Å². The number of nitrogens with two attached hydrogens (primary N) is 2. The van der Waals surface area contributed by atoms with Crippen LogP contribution in [0.25, 0.3) is 0 Å². The first kappa shape index (κ1) is 15.9. The smallest absolute Gasteiger partial charge is 0.336 e. The van der Waals surface area contributed by atoms with Crippen LogP contribution in [0.2, 0.25) is 0 Å². The quantitative estimate of drug-likeness (QED) is 0.276. The summed E-state index contributed by atoms with van der Waals surface area (Å²) < 4.78 is 0. The number of carbonyl (C=O) groups is 2. The highest BCUT2D eigenvalue weighted by Gasteiger charge is 2.13. The predicted octanol–water partition coefficient (Wildman–Crippen LogP) is -0.554. The van der Waals surface area contributed by atoms with Gasteiger partial charge in [0.15, 0.2) is 11.9 Å². The molecule has 19 heavy (non-hydrogen) atoms. The Bertz CT molecular complexity index is 469. The normalized spacial score (nSPS) is 8.63. The highest BCUT2D eigenvalue weighted by Crippen LogP contribution is 2.07. The van der Waals surface area contributed by atoms with Crippen LogP contribution in [0.1, 0.15) is 20.7 Å². The summed E-state index contributed by atoms with van der Waals surface area (Å²) in [5, 5.41) is 32.1. The van der Waals surface area contributed by atoms with Gasteiger partial charge in [-0.2, -0.15) is 0 Å². The minimum absolute atomic E-state index is 0.190. The van der Waals surface area contributed by atoms with Crippen molar-refractivity contribution in [1.29, 1.82) is 10.8 Å². The minimum Gasteiger partial charge on any atom is -0.478 e. The van der Waals surface area contributed by atoms with Crippen LogP contribution in [-0.4, -0.2) is 34.1 Å². The first-order valence-electron chi connectivity index (χ1n) is 4.76. The number of aromatic carboxylic acids is 2. The van der Waals surface area contributed by atoms with E-state index in [0.717, 1.165) is 0 Å². The summed E-state index contributed by atoms with van der Waals surface area (Å²) in [6, 6.07) is 5.48. The molecule has 1 aromatic rings. The topological polar surface area (TPSA) is 186 Å². The highest BCUT2D eigenvalue weighted by molar-refractivity contribution is 6.01. The van der Waals surface area contributed by atoms with Gasteiger partial charge in [-0.1, -0.05) is 12.1 Å². The molecule has 0 atom stereocenters. The SMILES string of the molecule is N=C(N)NC(=N)N.O=C(O)c1ccccc1C(=O)O. The lowest BCUT2D eigenvalue weighted by molar-refractivity contribution is 0.0651. The molecule has 0 bridgehead atoms. The van der Waals surface area contributed by atoms with E-state index in [-0.39, 0.29) is 23.0 Å². The van der Waals surface area contributed by atoms with Gasteiger partial charge in [0.2, 0.25) is 0 Å². The lowest BCUT2D eigenvalue weighted by Gasteiger charge is -1.98. The standard InChI is InChI=1S/C8H6O4.C2H7N5/c9-7(10)5-3-1-2-4-6(5)8(11)12;3-1(4)7-2(5)6/h1-4H,(H,9,10)(H,11,12);(H7,3,4,5,6,7). The van der Waals surface area contributed by atoms with Crippen LogP contribution >= 0.6 is 0 Å². The molecule has 0 saturated heterocycles. The molecule has 102 valence electrons. The second kappa shape index (κ2) is 7.27. The number of nitrogens with one attached hydrogen (secondary N) is 3. The fourth-order valence-corrected chi connectivity index (χ4v) is 1.00. The molecule has 0 spiro atoms. The van der Waals surface area contributed by atoms with Crippen molar-refractivity contribution in [3.8, 4) is 0 Å². The number of hydrogen-bond donors (Lipinski definition) is 7. The van der Waals surface area contributed by atoms with E-state index >= 15 is 0 Å². The Morgan fingerprint density at radius 2 is 1.26 bits per heavy atom. The highest BCUT2D eigenvalue weighted by atomic mass is 16.4. The van der Waals surface area contributed by atoms with Crippen LogP contribution in [0.3, 0.4) is 0 Å². The van der Waals surface area contributed by atoms with Gasteiger partial charge in [-0.05, 0) is 12.1 Å². The van der Waals surface area contributed by atoms with Gasteiger partial charge in [0, 0.05) is 0 Å². The molecule has 0 heterocycles. The molecule has 0 aliphatic carbocycles. The molecule has 0 saturated carbocycles. The zero-order valence-corrected chi connectivity index (χ0v) is 9.68. The Morgan fingerprint density at radius 3 is 1.42 bits per heavy atom. The van der Waals surface area contributed by atoms with E-state index in [4.69, 9.17) is 32.5 Å². The lowest BCUT2D eigenvalue weighted by atomic mass is 10.1. The third-order valence-corrected chi connectivity index (χ3v) is 1.66. The van der Waals surface area contributed by atoms with E-state index in [0.29, 0.717) is 0 Å². The van der Waals surface area contributed by atoms with Crippen LogP contribution in [0.4, 0.5) is 0 Å². The molecule has 9 nitrogen and oxygen atoms in total. The van der Waals surface area contributed by atoms with Crippen molar-refractivity contribution in [1.82, 2.24) is 5.32 Å². The van der Waals surface area contributed by atoms with Crippen molar-refractivity contribution in [2.24, 2.45) is 11.5 Å². The lowest BCUT2D eigenvalue weighted by Crippen LogP contribution is -2.39. The molecule has 1 rings (SSSR count). The zero-order chi connectivity index (χ0) is 15.0. The van der Waals surface area contributed by atoms with Crippen molar-refractivity contribution in [2.45, 2.75) is 0 Å². The number of rotatable bonds is 2.